The van der Waals surface area contributed by atoms with Gasteiger partial charge in [0.2, 0.25) is 0 Å². The first-order valence-corrected chi connectivity index (χ1v) is 7.66. The molecular weight excluding hydrogens is 330 g/mol. The van der Waals surface area contributed by atoms with Gasteiger partial charge in [-0.1, -0.05) is 23.7 Å². The molecule has 8 heteroatoms. The number of carbonyl (C=O) groups is 1. The predicted octanol–water partition coefficient (Wildman–Crippen LogP) is 2.24. The second-order valence-corrected chi connectivity index (χ2v) is 5.56. The van der Waals surface area contributed by atoms with Gasteiger partial charge in [0, 0.05) is 31.5 Å². The lowest BCUT2D eigenvalue weighted by atomic mass is 10.3. The lowest BCUT2D eigenvalue weighted by Gasteiger charge is -2.07. The summed E-state index contributed by atoms with van der Waals surface area (Å²) in [6.45, 7) is 0.565. The maximum Gasteiger partial charge on any atom is 0.272 e. The zero-order valence-corrected chi connectivity index (χ0v) is 13.8. The van der Waals surface area contributed by atoms with Crippen LogP contribution in [0.3, 0.4) is 0 Å². The van der Waals surface area contributed by atoms with E-state index in [0.717, 1.165) is 5.56 Å². The molecule has 0 bridgehead atoms. The van der Waals surface area contributed by atoms with Crippen LogP contribution in [0.5, 0.6) is 5.75 Å². The van der Waals surface area contributed by atoms with Crippen LogP contribution in [0, 0.1) is 0 Å². The molecule has 0 atom stereocenters. The summed E-state index contributed by atoms with van der Waals surface area (Å²) in [5, 5.41) is 11.6. The maximum atomic E-state index is 12.1. The molecule has 0 aliphatic heterocycles. The van der Waals surface area contributed by atoms with Crippen LogP contribution in [0.4, 0.5) is 0 Å². The summed E-state index contributed by atoms with van der Waals surface area (Å²) in [5.41, 5.74) is 1.24. The zero-order valence-electron chi connectivity index (χ0n) is 13.0. The summed E-state index contributed by atoms with van der Waals surface area (Å²) >= 11 is 6.02. The topological polar surface area (TPSA) is 74.0 Å². The highest BCUT2D eigenvalue weighted by molar-refractivity contribution is 6.32. The summed E-state index contributed by atoms with van der Waals surface area (Å²) in [5.74, 6) is 0.313. The first-order chi connectivity index (χ1) is 11.6. The van der Waals surface area contributed by atoms with Crippen LogP contribution < -0.4 is 10.1 Å². The summed E-state index contributed by atoms with van der Waals surface area (Å²) in [7, 11) is 1.83. The number of amides is 1. The molecule has 0 aliphatic carbocycles. The van der Waals surface area contributed by atoms with Crippen molar-refractivity contribution in [3.8, 4) is 5.75 Å². The minimum Gasteiger partial charge on any atom is -0.470 e. The van der Waals surface area contributed by atoms with Crippen LogP contribution in [-0.2, 0) is 20.3 Å². The van der Waals surface area contributed by atoms with E-state index >= 15 is 0 Å². The molecule has 1 N–H and O–H groups in total. The Morgan fingerprint density at radius 2 is 2.17 bits per heavy atom. The number of nitrogens with one attached hydrogen (secondary N) is 1. The third-order valence-electron chi connectivity index (χ3n) is 3.27. The Labute approximate surface area is 143 Å². The quantitative estimate of drug-likeness (QED) is 0.743. The highest BCUT2D eigenvalue weighted by Gasteiger charge is 2.10. The highest BCUT2D eigenvalue weighted by Crippen LogP contribution is 2.23. The van der Waals surface area contributed by atoms with E-state index in [1.54, 1.807) is 35.3 Å². The Kier molecular flexibility index (Phi) is 4.81. The third-order valence-corrected chi connectivity index (χ3v) is 3.59. The molecule has 7 nitrogen and oxygen atoms in total. The van der Waals surface area contributed by atoms with Crippen LogP contribution in [0.25, 0.3) is 0 Å². The fourth-order valence-corrected chi connectivity index (χ4v) is 2.28. The summed E-state index contributed by atoms with van der Waals surface area (Å²) in [6, 6.07) is 8.81. The first kappa shape index (κ1) is 16.1. The minimum atomic E-state index is -0.254. The molecule has 0 unspecified atom stereocenters. The van der Waals surface area contributed by atoms with Crippen molar-refractivity contribution < 1.29 is 9.53 Å². The van der Waals surface area contributed by atoms with Gasteiger partial charge in [0.25, 0.3) is 5.91 Å². The Balaban J connectivity index is 1.54. The number of nitrogens with zero attached hydrogens (tertiary/aromatic N) is 4. The van der Waals surface area contributed by atoms with Crippen LogP contribution in [0.15, 0.2) is 48.9 Å². The van der Waals surface area contributed by atoms with E-state index in [4.69, 9.17) is 16.3 Å². The summed E-state index contributed by atoms with van der Waals surface area (Å²) in [4.78, 5) is 12.1. The number of aromatic nitrogens is 4. The zero-order chi connectivity index (χ0) is 16.9. The molecule has 2 aromatic heterocycles. The average Bonchev–Trinajstić information content (AvgIpc) is 3.21. The second-order valence-electron chi connectivity index (χ2n) is 5.15. The van der Waals surface area contributed by atoms with E-state index in [0.29, 0.717) is 23.0 Å². The monoisotopic (exact) mass is 345 g/mol. The van der Waals surface area contributed by atoms with Crippen molar-refractivity contribution in [2.75, 3.05) is 0 Å². The molecule has 3 aromatic rings. The van der Waals surface area contributed by atoms with Crippen LogP contribution >= 0.6 is 11.6 Å². The van der Waals surface area contributed by atoms with E-state index < -0.39 is 0 Å². The molecular formula is C16H16ClN5O2. The molecule has 0 radical (unpaired) electrons. The largest absolute Gasteiger partial charge is 0.470 e. The van der Waals surface area contributed by atoms with Gasteiger partial charge in [-0.25, -0.2) is 4.68 Å². The number of aryl methyl sites for hydroxylation is 1. The lowest BCUT2D eigenvalue weighted by Crippen LogP contribution is -2.23. The Bertz CT molecular complexity index is 842. The minimum absolute atomic E-state index is 0.166. The van der Waals surface area contributed by atoms with E-state index in [-0.39, 0.29) is 12.6 Å². The first-order valence-electron chi connectivity index (χ1n) is 7.28. The number of hydrogen-bond donors (Lipinski definition) is 1. The molecule has 124 valence electrons. The number of rotatable bonds is 6. The smallest absolute Gasteiger partial charge is 0.272 e. The van der Waals surface area contributed by atoms with Crippen molar-refractivity contribution in [3.63, 3.8) is 0 Å². The van der Waals surface area contributed by atoms with Gasteiger partial charge in [-0.05, 0) is 18.2 Å². The van der Waals surface area contributed by atoms with Gasteiger partial charge in [0.15, 0.2) is 6.73 Å². The average molecular weight is 346 g/mol. The SMILES string of the molecule is Cn1cc(CNC(=O)c2ccn(COc3ccccc3Cl)n2)cn1. The molecule has 3 rings (SSSR count). The van der Waals surface area contributed by atoms with Gasteiger partial charge in [0.1, 0.15) is 11.4 Å². The fourth-order valence-electron chi connectivity index (χ4n) is 2.09. The van der Waals surface area contributed by atoms with Crippen LogP contribution in [0.2, 0.25) is 5.02 Å². The maximum absolute atomic E-state index is 12.1. The van der Waals surface area contributed by atoms with Gasteiger partial charge in [-0.15, -0.1) is 0 Å². The van der Waals surface area contributed by atoms with Gasteiger partial charge >= 0.3 is 0 Å². The molecule has 24 heavy (non-hydrogen) atoms. The molecule has 2 heterocycles. The summed E-state index contributed by atoms with van der Waals surface area (Å²) in [6.07, 6.45) is 5.22. The van der Waals surface area contributed by atoms with E-state index in [9.17, 15) is 4.79 Å². The van der Waals surface area contributed by atoms with Crippen LogP contribution in [-0.4, -0.2) is 25.5 Å². The van der Waals surface area contributed by atoms with Crippen LogP contribution in [0.1, 0.15) is 16.1 Å². The number of halogens is 1. The third kappa shape index (κ3) is 3.94. The number of para-hydroxylation sites is 1. The van der Waals surface area contributed by atoms with Crippen molar-refractivity contribution in [2.24, 2.45) is 7.05 Å². The number of carbonyl (C=O) groups excluding carboxylic acids is 1. The number of hydrogen-bond acceptors (Lipinski definition) is 4. The summed E-state index contributed by atoms with van der Waals surface area (Å²) < 4.78 is 8.79. The molecule has 0 aliphatic rings. The fraction of sp³-hybridized carbons (Fsp3) is 0.188. The second kappa shape index (κ2) is 7.18. The number of ether oxygens (including phenoxy) is 1. The van der Waals surface area contributed by atoms with Crippen molar-refractivity contribution in [1.82, 2.24) is 24.9 Å². The van der Waals surface area contributed by atoms with E-state index in [2.05, 4.69) is 15.5 Å². The van der Waals surface area contributed by atoms with E-state index in [1.807, 2.05) is 25.4 Å². The van der Waals surface area contributed by atoms with Gasteiger partial charge in [0.05, 0.1) is 11.2 Å². The van der Waals surface area contributed by atoms with Gasteiger partial charge < -0.3 is 10.1 Å². The standard InChI is InChI=1S/C16H16ClN5O2/c1-21-10-12(9-19-21)8-18-16(23)14-6-7-22(20-14)11-24-15-5-3-2-4-13(15)17/h2-7,9-10H,8,11H2,1H3,(H,18,23). The Morgan fingerprint density at radius 1 is 1.33 bits per heavy atom. The highest BCUT2D eigenvalue weighted by atomic mass is 35.5. The Hall–Kier alpha value is -2.80. The van der Waals surface area contributed by atoms with Crippen molar-refractivity contribution >= 4 is 17.5 Å². The molecule has 0 saturated heterocycles. The Morgan fingerprint density at radius 3 is 2.92 bits per heavy atom. The van der Waals surface area contributed by atoms with Crippen molar-refractivity contribution in [3.05, 3.63) is 65.2 Å². The van der Waals surface area contributed by atoms with Gasteiger partial charge in [-0.2, -0.15) is 10.2 Å². The molecule has 0 fully saturated rings. The predicted molar refractivity (Wildman–Crippen MR) is 88.7 cm³/mol. The molecule has 1 aromatic carbocycles. The molecule has 0 saturated carbocycles. The van der Waals surface area contributed by atoms with Crippen molar-refractivity contribution in [2.45, 2.75) is 13.3 Å². The molecule has 0 spiro atoms. The normalized spacial score (nSPS) is 10.6. The van der Waals surface area contributed by atoms with Gasteiger partial charge in [-0.3, -0.25) is 9.48 Å². The van der Waals surface area contributed by atoms with Crippen molar-refractivity contribution in [1.29, 1.82) is 0 Å². The molecule has 1 amide bonds. The number of benzene rings is 1. The lowest BCUT2D eigenvalue weighted by molar-refractivity contribution is 0.0944. The van der Waals surface area contributed by atoms with E-state index in [1.165, 1.54) is 4.68 Å².